The average Bonchev–Trinajstić information content (AvgIpc) is 2.23. The van der Waals surface area contributed by atoms with E-state index >= 15 is 0 Å². The molecule has 0 bridgehead atoms. The first-order chi connectivity index (χ1) is 9.12. The summed E-state index contributed by atoms with van der Waals surface area (Å²) < 4.78 is 0. The summed E-state index contributed by atoms with van der Waals surface area (Å²) in [5, 5.41) is 13.5. The fourth-order valence-electron chi connectivity index (χ4n) is 2.67. The zero-order chi connectivity index (χ0) is 15.5. The molecule has 3 N–H and O–H groups in total. The Bertz CT molecular complexity index is 506. The van der Waals surface area contributed by atoms with Crippen LogP contribution in [0.25, 0.3) is 0 Å². The van der Waals surface area contributed by atoms with Crippen LogP contribution in [0.1, 0.15) is 57.2 Å². The summed E-state index contributed by atoms with van der Waals surface area (Å²) in [6, 6.07) is -0.148. The van der Waals surface area contributed by atoms with E-state index in [1.54, 1.807) is 6.92 Å². The molecule has 0 saturated carbocycles. The van der Waals surface area contributed by atoms with E-state index in [0.717, 1.165) is 5.69 Å². The van der Waals surface area contributed by atoms with Crippen molar-refractivity contribution in [3.8, 4) is 0 Å². The Hall–Kier alpha value is -1.20. The van der Waals surface area contributed by atoms with Gasteiger partial charge in [0.15, 0.2) is 0 Å². The first-order valence-corrected chi connectivity index (χ1v) is 7.15. The maximum Gasteiger partial charge on any atom is 0.255 e. The van der Waals surface area contributed by atoms with Crippen molar-refractivity contribution in [3.05, 3.63) is 27.4 Å². The van der Waals surface area contributed by atoms with Crippen LogP contribution >= 0.6 is 0 Å². The summed E-state index contributed by atoms with van der Waals surface area (Å²) in [6.45, 7) is 11.9. The van der Waals surface area contributed by atoms with Gasteiger partial charge in [-0.05, 0) is 40.0 Å². The molecule has 1 aromatic heterocycles. The van der Waals surface area contributed by atoms with Gasteiger partial charge >= 0.3 is 0 Å². The smallest absolute Gasteiger partial charge is 0.255 e. The highest BCUT2D eigenvalue weighted by Gasteiger charge is 2.23. The summed E-state index contributed by atoms with van der Waals surface area (Å²) >= 11 is 0. The van der Waals surface area contributed by atoms with Crippen molar-refractivity contribution in [2.75, 3.05) is 6.54 Å². The van der Waals surface area contributed by atoms with E-state index in [9.17, 15) is 9.90 Å². The molecule has 5 heteroatoms. The number of hydrogen-bond donors (Lipinski definition) is 3. The van der Waals surface area contributed by atoms with E-state index in [1.165, 1.54) is 0 Å². The van der Waals surface area contributed by atoms with Crippen LogP contribution in [0.4, 0.5) is 0 Å². The topological polar surface area (TPSA) is 78.0 Å². The van der Waals surface area contributed by atoms with E-state index in [0.29, 0.717) is 30.3 Å². The first-order valence-electron chi connectivity index (χ1n) is 7.15. The lowest BCUT2D eigenvalue weighted by Crippen LogP contribution is -2.41. The zero-order valence-electron chi connectivity index (χ0n) is 13.4. The van der Waals surface area contributed by atoms with Crippen molar-refractivity contribution in [2.45, 2.75) is 59.6 Å². The lowest BCUT2D eigenvalue weighted by molar-refractivity contribution is 0.0363. The molecule has 1 aromatic rings. The molecular formula is C15H27N3O2. The van der Waals surface area contributed by atoms with E-state index in [4.69, 9.17) is 0 Å². The Labute approximate surface area is 120 Å². The van der Waals surface area contributed by atoms with Crippen LogP contribution in [-0.4, -0.2) is 27.2 Å². The number of aryl methyl sites for hydroxylation is 2. The highest BCUT2D eigenvalue weighted by Crippen LogP contribution is 2.17. The summed E-state index contributed by atoms with van der Waals surface area (Å²) in [5.41, 5.74) is 0.477. The van der Waals surface area contributed by atoms with E-state index in [-0.39, 0.29) is 11.6 Å². The fraction of sp³-hybridized carbons (Fsp3) is 0.733. The standard InChI is InChI=1S/C15H27N3O2/c1-9(2)7-15(6,20)8-16-10(3)13-11(4)17-12(5)18-14(13)19/h9-10,16,20H,7-8H2,1-6H3,(H,17,18,19). The summed E-state index contributed by atoms with van der Waals surface area (Å²) in [7, 11) is 0. The number of rotatable bonds is 6. The van der Waals surface area contributed by atoms with Gasteiger partial charge in [-0.25, -0.2) is 4.98 Å². The molecule has 2 unspecified atom stereocenters. The third-order valence-corrected chi connectivity index (χ3v) is 3.33. The normalized spacial score (nSPS) is 16.2. The number of H-pyrrole nitrogens is 1. The highest BCUT2D eigenvalue weighted by atomic mass is 16.3. The quantitative estimate of drug-likeness (QED) is 0.743. The molecule has 0 aliphatic carbocycles. The highest BCUT2D eigenvalue weighted by molar-refractivity contribution is 5.20. The molecule has 0 spiro atoms. The van der Waals surface area contributed by atoms with Crippen LogP contribution in [0.3, 0.4) is 0 Å². The molecule has 0 aliphatic rings. The van der Waals surface area contributed by atoms with Crippen molar-refractivity contribution in [1.29, 1.82) is 0 Å². The van der Waals surface area contributed by atoms with Crippen LogP contribution < -0.4 is 10.9 Å². The Morgan fingerprint density at radius 3 is 2.45 bits per heavy atom. The molecule has 0 aliphatic heterocycles. The minimum absolute atomic E-state index is 0.112. The van der Waals surface area contributed by atoms with Crippen LogP contribution in [0.5, 0.6) is 0 Å². The van der Waals surface area contributed by atoms with Crippen molar-refractivity contribution in [1.82, 2.24) is 15.3 Å². The Morgan fingerprint density at radius 1 is 1.35 bits per heavy atom. The van der Waals surface area contributed by atoms with Gasteiger partial charge in [-0.3, -0.25) is 4.79 Å². The average molecular weight is 281 g/mol. The van der Waals surface area contributed by atoms with Gasteiger partial charge in [0.2, 0.25) is 0 Å². The lowest BCUT2D eigenvalue weighted by Gasteiger charge is -2.27. The predicted octanol–water partition coefficient (Wildman–Crippen LogP) is 1.83. The van der Waals surface area contributed by atoms with Gasteiger partial charge in [-0.1, -0.05) is 13.8 Å². The maximum absolute atomic E-state index is 12.0. The van der Waals surface area contributed by atoms with Crippen molar-refractivity contribution >= 4 is 0 Å². The molecule has 1 rings (SSSR count). The van der Waals surface area contributed by atoms with Crippen LogP contribution in [0.2, 0.25) is 0 Å². The summed E-state index contributed by atoms with van der Waals surface area (Å²) in [6.07, 6.45) is 0.716. The van der Waals surface area contributed by atoms with Gasteiger partial charge in [-0.2, -0.15) is 0 Å². The largest absolute Gasteiger partial charge is 0.389 e. The third-order valence-electron chi connectivity index (χ3n) is 3.33. The summed E-state index contributed by atoms with van der Waals surface area (Å²) in [5.74, 6) is 1.04. The Morgan fingerprint density at radius 2 is 1.95 bits per heavy atom. The predicted molar refractivity (Wildman–Crippen MR) is 80.8 cm³/mol. The summed E-state index contributed by atoms with van der Waals surface area (Å²) in [4.78, 5) is 19.0. The second-order valence-electron chi connectivity index (χ2n) is 6.35. The molecule has 5 nitrogen and oxygen atoms in total. The molecule has 0 saturated heterocycles. The van der Waals surface area contributed by atoms with Crippen molar-refractivity contribution in [2.24, 2.45) is 5.92 Å². The number of nitrogens with zero attached hydrogens (tertiary/aromatic N) is 1. The van der Waals surface area contributed by atoms with E-state index < -0.39 is 5.60 Å². The van der Waals surface area contributed by atoms with E-state index in [1.807, 2.05) is 20.8 Å². The van der Waals surface area contributed by atoms with Crippen LogP contribution in [-0.2, 0) is 0 Å². The van der Waals surface area contributed by atoms with Gasteiger partial charge in [0.05, 0.1) is 11.2 Å². The molecule has 2 atom stereocenters. The third kappa shape index (κ3) is 4.72. The molecule has 0 amide bonds. The molecule has 20 heavy (non-hydrogen) atoms. The number of aromatic amines is 1. The minimum atomic E-state index is -0.777. The zero-order valence-corrected chi connectivity index (χ0v) is 13.4. The second kappa shape index (κ2) is 6.50. The number of aliphatic hydroxyl groups is 1. The Kier molecular flexibility index (Phi) is 5.48. The number of hydrogen-bond acceptors (Lipinski definition) is 4. The number of aromatic nitrogens is 2. The first kappa shape index (κ1) is 16.9. The number of nitrogens with one attached hydrogen (secondary N) is 2. The molecule has 0 radical (unpaired) electrons. The fourth-order valence-corrected chi connectivity index (χ4v) is 2.67. The monoisotopic (exact) mass is 281 g/mol. The van der Waals surface area contributed by atoms with Crippen molar-refractivity contribution < 1.29 is 5.11 Å². The van der Waals surface area contributed by atoms with Gasteiger partial charge in [0.25, 0.3) is 5.56 Å². The Balaban J connectivity index is 2.78. The molecule has 0 fully saturated rings. The molecule has 1 heterocycles. The van der Waals surface area contributed by atoms with Crippen LogP contribution in [0, 0.1) is 19.8 Å². The van der Waals surface area contributed by atoms with E-state index in [2.05, 4.69) is 29.1 Å². The molecule has 0 aromatic carbocycles. The lowest BCUT2D eigenvalue weighted by atomic mass is 9.94. The van der Waals surface area contributed by atoms with Crippen molar-refractivity contribution in [3.63, 3.8) is 0 Å². The van der Waals surface area contributed by atoms with Gasteiger partial charge in [0, 0.05) is 18.3 Å². The van der Waals surface area contributed by atoms with Gasteiger partial charge in [0.1, 0.15) is 5.82 Å². The SMILES string of the molecule is Cc1nc(C)c(C(C)NCC(C)(O)CC(C)C)c(=O)[nH]1. The van der Waals surface area contributed by atoms with Crippen LogP contribution in [0.15, 0.2) is 4.79 Å². The van der Waals surface area contributed by atoms with Gasteiger partial charge < -0.3 is 15.4 Å². The minimum Gasteiger partial charge on any atom is -0.389 e. The van der Waals surface area contributed by atoms with Gasteiger partial charge in [-0.15, -0.1) is 0 Å². The molecule has 114 valence electrons. The second-order valence-corrected chi connectivity index (χ2v) is 6.35. The maximum atomic E-state index is 12.0. The molecular weight excluding hydrogens is 254 g/mol.